The monoisotopic (exact) mass is 297 g/mol. The van der Waals surface area contributed by atoms with E-state index in [1.807, 2.05) is 0 Å². The minimum atomic E-state index is 0.335. The average molecular weight is 297 g/mol. The van der Waals surface area contributed by atoms with Gasteiger partial charge in [-0.1, -0.05) is 20.8 Å². The summed E-state index contributed by atoms with van der Waals surface area (Å²) in [6.07, 6.45) is 3.89. The van der Waals surface area contributed by atoms with Gasteiger partial charge in [0.25, 0.3) is 0 Å². The quantitative estimate of drug-likeness (QED) is 0.748. The number of piperazine rings is 1. The van der Waals surface area contributed by atoms with Crippen LogP contribution in [0.5, 0.6) is 0 Å². The summed E-state index contributed by atoms with van der Waals surface area (Å²) in [7, 11) is 0. The first-order valence-corrected chi connectivity index (χ1v) is 8.71. The lowest BCUT2D eigenvalue weighted by molar-refractivity contribution is -0.133. The fourth-order valence-electron chi connectivity index (χ4n) is 3.16. The van der Waals surface area contributed by atoms with Gasteiger partial charge in [-0.2, -0.15) is 0 Å². The molecular formula is C17H35N3O. The van der Waals surface area contributed by atoms with E-state index in [0.717, 1.165) is 45.6 Å². The summed E-state index contributed by atoms with van der Waals surface area (Å²) in [6, 6.07) is 0.636. The molecule has 1 heterocycles. The van der Waals surface area contributed by atoms with Gasteiger partial charge in [-0.15, -0.1) is 0 Å². The van der Waals surface area contributed by atoms with E-state index in [9.17, 15) is 4.79 Å². The van der Waals surface area contributed by atoms with Crippen molar-refractivity contribution in [3.8, 4) is 0 Å². The minimum absolute atomic E-state index is 0.335. The molecule has 0 aromatic heterocycles. The first kappa shape index (κ1) is 18.4. The van der Waals surface area contributed by atoms with E-state index in [0.29, 0.717) is 30.2 Å². The Kier molecular flexibility index (Phi) is 8.27. The predicted molar refractivity (Wildman–Crippen MR) is 89.1 cm³/mol. The Morgan fingerprint density at radius 2 is 1.71 bits per heavy atom. The molecule has 1 fully saturated rings. The van der Waals surface area contributed by atoms with E-state index in [1.54, 1.807) is 0 Å². The Labute approximate surface area is 131 Å². The maximum atomic E-state index is 12.4. The van der Waals surface area contributed by atoms with Crippen LogP contribution in [-0.4, -0.2) is 54.5 Å². The summed E-state index contributed by atoms with van der Waals surface area (Å²) >= 11 is 0. The summed E-state index contributed by atoms with van der Waals surface area (Å²) in [6.45, 7) is 13.5. The molecule has 0 aromatic rings. The van der Waals surface area contributed by atoms with Crippen LogP contribution in [0.25, 0.3) is 0 Å². The number of hydrogen-bond donors (Lipinski definition) is 1. The van der Waals surface area contributed by atoms with Gasteiger partial charge in [-0.25, -0.2) is 0 Å². The van der Waals surface area contributed by atoms with E-state index in [2.05, 4.69) is 37.5 Å². The Hall–Kier alpha value is -0.610. The third-order valence-corrected chi connectivity index (χ3v) is 5.09. The largest absolute Gasteiger partial charge is 0.340 e. The number of hydrogen-bond acceptors (Lipinski definition) is 3. The van der Waals surface area contributed by atoms with Crippen molar-refractivity contribution in [2.75, 3.05) is 32.7 Å². The van der Waals surface area contributed by atoms with Crippen molar-refractivity contribution < 1.29 is 4.79 Å². The Morgan fingerprint density at radius 1 is 1.10 bits per heavy atom. The molecule has 4 heteroatoms. The van der Waals surface area contributed by atoms with Crippen molar-refractivity contribution in [1.82, 2.24) is 9.80 Å². The van der Waals surface area contributed by atoms with E-state index >= 15 is 0 Å². The smallest absolute Gasteiger partial charge is 0.222 e. The maximum absolute atomic E-state index is 12.4. The van der Waals surface area contributed by atoms with Gasteiger partial charge in [0.1, 0.15) is 0 Å². The lowest BCUT2D eigenvalue weighted by Crippen LogP contribution is -2.51. The van der Waals surface area contributed by atoms with E-state index < -0.39 is 0 Å². The number of nitrogens with two attached hydrogens (primary N) is 1. The summed E-state index contributed by atoms with van der Waals surface area (Å²) in [5.74, 6) is 1.53. The Bertz CT molecular complexity index is 298. The van der Waals surface area contributed by atoms with Crippen LogP contribution in [0.2, 0.25) is 0 Å². The van der Waals surface area contributed by atoms with Crippen molar-refractivity contribution in [3.05, 3.63) is 0 Å². The second-order valence-corrected chi connectivity index (χ2v) is 6.79. The van der Waals surface area contributed by atoms with Crippen molar-refractivity contribution in [3.63, 3.8) is 0 Å². The molecule has 21 heavy (non-hydrogen) atoms. The molecule has 4 nitrogen and oxygen atoms in total. The molecular weight excluding hydrogens is 262 g/mol. The van der Waals surface area contributed by atoms with Crippen LogP contribution in [-0.2, 0) is 4.79 Å². The van der Waals surface area contributed by atoms with E-state index in [-0.39, 0.29) is 0 Å². The molecule has 2 N–H and O–H groups in total. The van der Waals surface area contributed by atoms with Crippen LogP contribution in [0.15, 0.2) is 0 Å². The summed E-state index contributed by atoms with van der Waals surface area (Å²) in [5, 5.41) is 0. The third-order valence-electron chi connectivity index (χ3n) is 5.09. The number of carbonyl (C=O) groups excluding carboxylic acids is 1. The van der Waals surface area contributed by atoms with Crippen LogP contribution >= 0.6 is 0 Å². The van der Waals surface area contributed by atoms with Gasteiger partial charge in [0, 0.05) is 38.6 Å². The van der Waals surface area contributed by atoms with Crippen molar-refractivity contribution in [2.45, 2.75) is 59.4 Å². The highest BCUT2D eigenvalue weighted by molar-refractivity contribution is 5.76. The zero-order valence-corrected chi connectivity index (χ0v) is 14.5. The Morgan fingerprint density at radius 3 is 2.19 bits per heavy atom. The minimum Gasteiger partial charge on any atom is -0.340 e. The standard InChI is InChI=1S/C17H35N3O/c1-5-15(4)19-10-12-20(13-11-19)17(21)7-6-16(8-9-18)14(2)3/h14-16H,5-13,18H2,1-4H3. The SMILES string of the molecule is CCC(C)N1CCN(C(=O)CCC(CCN)C(C)C)CC1. The molecule has 1 amide bonds. The molecule has 2 unspecified atom stereocenters. The van der Waals surface area contributed by atoms with Crippen LogP contribution in [0, 0.1) is 11.8 Å². The number of rotatable bonds is 8. The molecule has 0 spiro atoms. The number of amides is 1. The average Bonchev–Trinajstić information content (AvgIpc) is 2.50. The van der Waals surface area contributed by atoms with Crippen LogP contribution in [0.1, 0.15) is 53.4 Å². The van der Waals surface area contributed by atoms with Crippen LogP contribution in [0.4, 0.5) is 0 Å². The summed E-state index contributed by atoms with van der Waals surface area (Å²) in [5.41, 5.74) is 5.67. The molecule has 1 rings (SSSR count). The highest BCUT2D eigenvalue weighted by atomic mass is 16.2. The molecule has 0 aliphatic carbocycles. The van der Waals surface area contributed by atoms with Gasteiger partial charge in [-0.3, -0.25) is 9.69 Å². The molecule has 1 saturated heterocycles. The van der Waals surface area contributed by atoms with Crippen molar-refractivity contribution >= 4 is 5.91 Å². The third kappa shape index (κ3) is 5.95. The topological polar surface area (TPSA) is 49.6 Å². The van der Waals surface area contributed by atoms with Gasteiger partial charge < -0.3 is 10.6 Å². The normalized spacial score (nSPS) is 19.8. The molecule has 0 bridgehead atoms. The zero-order chi connectivity index (χ0) is 15.8. The van der Waals surface area contributed by atoms with Gasteiger partial charge in [0.15, 0.2) is 0 Å². The summed E-state index contributed by atoms with van der Waals surface area (Å²) in [4.78, 5) is 16.9. The second kappa shape index (κ2) is 9.42. The van der Waals surface area contributed by atoms with Gasteiger partial charge in [0.05, 0.1) is 0 Å². The van der Waals surface area contributed by atoms with E-state index in [4.69, 9.17) is 5.73 Å². The highest BCUT2D eigenvalue weighted by Gasteiger charge is 2.24. The molecule has 1 aliphatic heterocycles. The highest BCUT2D eigenvalue weighted by Crippen LogP contribution is 2.21. The van der Waals surface area contributed by atoms with Gasteiger partial charge in [0.2, 0.25) is 5.91 Å². The second-order valence-electron chi connectivity index (χ2n) is 6.79. The summed E-state index contributed by atoms with van der Waals surface area (Å²) < 4.78 is 0. The molecule has 1 aliphatic rings. The van der Waals surface area contributed by atoms with Crippen molar-refractivity contribution in [1.29, 1.82) is 0 Å². The number of carbonyl (C=O) groups is 1. The molecule has 124 valence electrons. The van der Waals surface area contributed by atoms with E-state index in [1.165, 1.54) is 6.42 Å². The first-order chi connectivity index (χ1) is 9.99. The molecule has 0 aromatic carbocycles. The Balaban J connectivity index is 2.33. The maximum Gasteiger partial charge on any atom is 0.222 e. The first-order valence-electron chi connectivity index (χ1n) is 8.71. The fraction of sp³-hybridized carbons (Fsp3) is 0.941. The molecule has 2 atom stereocenters. The zero-order valence-electron chi connectivity index (χ0n) is 14.5. The predicted octanol–water partition coefficient (Wildman–Crippen LogP) is 2.33. The van der Waals surface area contributed by atoms with Crippen LogP contribution < -0.4 is 5.73 Å². The lowest BCUT2D eigenvalue weighted by atomic mass is 9.88. The fourth-order valence-corrected chi connectivity index (χ4v) is 3.16. The van der Waals surface area contributed by atoms with Crippen LogP contribution in [0.3, 0.4) is 0 Å². The number of nitrogens with zero attached hydrogens (tertiary/aromatic N) is 2. The molecule has 0 radical (unpaired) electrons. The van der Waals surface area contributed by atoms with Crippen molar-refractivity contribution in [2.24, 2.45) is 17.6 Å². The molecule has 0 saturated carbocycles. The lowest BCUT2D eigenvalue weighted by Gasteiger charge is -2.38. The van der Waals surface area contributed by atoms with Gasteiger partial charge in [-0.05, 0) is 44.6 Å². The van der Waals surface area contributed by atoms with Gasteiger partial charge >= 0.3 is 0 Å².